The van der Waals surface area contributed by atoms with Crippen molar-refractivity contribution >= 4 is 10.9 Å². The van der Waals surface area contributed by atoms with Crippen molar-refractivity contribution in [2.24, 2.45) is 11.7 Å². The van der Waals surface area contributed by atoms with Crippen LogP contribution >= 0.6 is 0 Å². The number of fused-ring (bicyclic) bond motifs is 1. The summed E-state index contributed by atoms with van der Waals surface area (Å²) >= 11 is 0. The van der Waals surface area contributed by atoms with Crippen LogP contribution in [0.3, 0.4) is 0 Å². The van der Waals surface area contributed by atoms with Crippen LogP contribution in [0, 0.1) is 5.92 Å². The summed E-state index contributed by atoms with van der Waals surface area (Å²) in [5, 5.41) is 1.03. The van der Waals surface area contributed by atoms with Gasteiger partial charge in [0.05, 0.1) is 12.1 Å². The number of aromatic nitrogens is 1. The molecule has 0 aliphatic heterocycles. The summed E-state index contributed by atoms with van der Waals surface area (Å²) in [6.45, 7) is 1.31. The molecule has 0 unspecified atom stereocenters. The van der Waals surface area contributed by atoms with Gasteiger partial charge < -0.3 is 10.5 Å². The van der Waals surface area contributed by atoms with Crippen molar-refractivity contribution in [1.82, 2.24) is 4.57 Å². The molecule has 2 N–H and O–H groups in total. The highest BCUT2D eigenvalue weighted by atomic mass is 16.5. The fourth-order valence-corrected chi connectivity index (χ4v) is 2.26. The highest BCUT2D eigenvalue weighted by Crippen LogP contribution is 2.28. The minimum atomic E-state index is -0.0444. The van der Waals surface area contributed by atoms with E-state index < -0.39 is 0 Å². The van der Waals surface area contributed by atoms with Crippen LogP contribution in [0.15, 0.2) is 35.1 Å². The van der Waals surface area contributed by atoms with Crippen LogP contribution < -0.4 is 11.3 Å². The van der Waals surface area contributed by atoms with Crippen molar-refractivity contribution in [2.75, 3.05) is 6.61 Å². The Balaban J connectivity index is 1.97. The van der Waals surface area contributed by atoms with Gasteiger partial charge in [0.15, 0.2) is 0 Å². The number of rotatable bonds is 5. The molecule has 0 spiro atoms. The van der Waals surface area contributed by atoms with E-state index in [1.807, 2.05) is 30.3 Å². The number of pyridine rings is 1. The Morgan fingerprint density at radius 3 is 2.84 bits per heavy atom. The second-order valence-electron chi connectivity index (χ2n) is 5.11. The lowest BCUT2D eigenvalue weighted by molar-refractivity contribution is 0.0695. The van der Waals surface area contributed by atoms with E-state index in [0.717, 1.165) is 17.5 Å². The summed E-state index contributed by atoms with van der Waals surface area (Å²) in [7, 11) is 0. The first kappa shape index (κ1) is 12.4. The van der Waals surface area contributed by atoms with Crippen LogP contribution in [0.25, 0.3) is 10.9 Å². The Morgan fingerprint density at radius 2 is 2.11 bits per heavy atom. The molecule has 0 saturated heterocycles. The molecule has 0 radical (unpaired) electrons. The zero-order chi connectivity index (χ0) is 13.2. The average Bonchev–Trinajstić information content (AvgIpc) is 3.25. The first-order valence-electron chi connectivity index (χ1n) is 6.69. The molecule has 0 atom stereocenters. The van der Waals surface area contributed by atoms with Crippen LogP contribution in [0.4, 0.5) is 0 Å². The predicted molar refractivity (Wildman–Crippen MR) is 74.8 cm³/mol. The van der Waals surface area contributed by atoms with Gasteiger partial charge in [-0.25, -0.2) is 0 Å². The zero-order valence-corrected chi connectivity index (χ0v) is 10.8. The predicted octanol–water partition coefficient (Wildman–Crippen LogP) is 1.84. The third-order valence-electron chi connectivity index (χ3n) is 3.57. The zero-order valence-electron chi connectivity index (χ0n) is 10.8. The summed E-state index contributed by atoms with van der Waals surface area (Å²) in [4.78, 5) is 12.3. The van der Waals surface area contributed by atoms with Crippen LogP contribution in [0.1, 0.15) is 18.4 Å². The summed E-state index contributed by atoms with van der Waals surface area (Å²) in [6, 6.07) is 9.70. The van der Waals surface area contributed by atoms with E-state index in [9.17, 15) is 4.79 Å². The number of hydrogen-bond acceptors (Lipinski definition) is 3. The normalized spacial score (nSPS) is 15.0. The first-order valence-corrected chi connectivity index (χ1v) is 6.69. The molecule has 1 saturated carbocycles. The highest BCUT2D eigenvalue weighted by molar-refractivity contribution is 5.79. The average molecular weight is 258 g/mol. The topological polar surface area (TPSA) is 57.2 Å². The summed E-state index contributed by atoms with van der Waals surface area (Å²) in [5.74, 6) is 0.694. The minimum absolute atomic E-state index is 0.0444. The summed E-state index contributed by atoms with van der Waals surface area (Å²) in [6.07, 6.45) is 2.50. The Labute approximate surface area is 111 Å². The van der Waals surface area contributed by atoms with E-state index in [2.05, 4.69) is 0 Å². The summed E-state index contributed by atoms with van der Waals surface area (Å²) in [5.41, 5.74) is 7.14. The van der Waals surface area contributed by atoms with Gasteiger partial charge in [0.2, 0.25) is 0 Å². The minimum Gasteiger partial charge on any atom is -0.360 e. The molecule has 1 fully saturated rings. The highest BCUT2D eigenvalue weighted by Gasteiger charge is 2.21. The van der Waals surface area contributed by atoms with Gasteiger partial charge in [-0.15, -0.1) is 0 Å². The van der Waals surface area contributed by atoms with Crippen LogP contribution in [-0.2, 0) is 18.0 Å². The molecule has 0 bridgehead atoms. The number of ether oxygens (including phenoxy) is 1. The van der Waals surface area contributed by atoms with Gasteiger partial charge in [-0.3, -0.25) is 9.36 Å². The Bertz CT molecular complexity index is 644. The van der Waals surface area contributed by atoms with Gasteiger partial charge in [0.25, 0.3) is 5.56 Å². The van der Waals surface area contributed by atoms with Gasteiger partial charge in [-0.05, 0) is 36.3 Å². The molecule has 1 aromatic carbocycles. The Kier molecular flexibility index (Phi) is 3.36. The van der Waals surface area contributed by atoms with Crippen molar-refractivity contribution in [3.63, 3.8) is 0 Å². The number of nitrogens with zero attached hydrogens (tertiary/aromatic N) is 1. The lowest BCUT2D eigenvalue weighted by Gasteiger charge is -2.12. The van der Waals surface area contributed by atoms with E-state index in [4.69, 9.17) is 10.5 Å². The van der Waals surface area contributed by atoms with E-state index in [1.165, 1.54) is 12.8 Å². The summed E-state index contributed by atoms with van der Waals surface area (Å²) < 4.78 is 7.33. The van der Waals surface area contributed by atoms with Crippen molar-refractivity contribution < 1.29 is 4.74 Å². The lowest BCUT2D eigenvalue weighted by atomic mass is 10.1. The van der Waals surface area contributed by atoms with Crippen LogP contribution in [-0.4, -0.2) is 11.2 Å². The third kappa shape index (κ3) is 2.55. The molecule has 4 heteroatoms. The van der Waals surface area contributed by atoms with E-state index in [1.54, 1.807) is 4.57 Å². The van der Waals surface area contributed by atoms with Crippen molar-refractivity contribution in [3.8, 4) is 0 Å². The maximum absolute atomic E-state index is 12.3. The maximum Gasteiger partial charge on any atom is 0.257 e. The molecular weight excluding hydrogens is 240 g/mol. The smallest absolute Gasteiger partial charge is 0.257 e. The first-order chi connectivity index (χ1) is 9.29. The number of benzene rings is 1. The largest absolute Gasteiger partial charge is 0.360 e. The fourth-order valence-electron chi connectivity index (χ4n) is 2.26. The molecule has 1 aliphatic rings. The lowest BCUT2D eigenvalue weighted by Crippen LogP contribution is -2.26. The number of para-hydroxylation sites is 1. The van der Waals surface area contributed by atoms with E-state index >= 15 is 0 Å². The van der Waals surface area contributed by atoms with Gasteiger partial charge >= 0.3 is 0 Å². The van der Waals surface area contributed by atoms with Gasteiger partial charge in [-0.1, -0.05) is 18.2 Å². The maximum atomic E-state index is 12.3. The molecule has 1 heterocycles. The van der Waals surface area contributed by atoms with Gasteiger partial charge in [0, 0.05) is 12.1 Å². The quantitative estimate of drug-likeness (QED) is 0.890. The Morgan fingerprint density at radius 1 is 1.32 bits per heavy atom. The van der Waals surface area contributed by atoms with E-state index in [0.29, 0.717) is 18.2 Å². The third-order valence-corrected chi connectivity index (χ3v) is 3.57. The van der Waals surface area contributed by atoms with Crippen molar-refractivity contribution in [3.05, 3.63) is 46.2 Å². The van der Waals surface area contributed by atoms with Crippen LogP contribution in [0.2, 0.25) is 0 Å². The molecular formula is C15H18N2O2. The standard InChI is InChI=1S/C15H18N2O2/c16-8-13-7-12-3-1-2-4-14(12)17(15(13)18)10-19-9-11-5-6-11/h1-4,7,11H,5-6,8-10,16H2. The second kappa shape index (κ2) is 5.15. The van der Waals surface area contributed by atoms with Gasteiger partial charge in [0.1, 0.15) is 6.73 Å². The molecule has 19 heavy (non-hydrogen) atoms. The fraction of sp³-hybridized carbons (Fsp3) is 0.400. The molecule has 100 valence electrons. The number of nitrogens with two attached hydrogens (primary N) is 1. The monoisotopic (exact) mass is 258 g/mol. The number of hydrogen-bond donors (Lipinski definition) is 1. The molecule has 1 aromatic heterocycles. The van der Waals surface area contributed by atoms with Gasteiger partial charge in [-0.2, -0.15) is 0 Å². The van der Waals surface area contributed by atoms with Crippen LogP contribution in [0.5, 0.6) is 0 Å². The molecule has 1 aliphatic carbocycles. The van der Waals surface area contributed by atoms with Crippen molar-refractivity contribution in [1.29, 1.82) is 0 Å². The SMILES string of the molecule is NCc1cc2ccccc2n(COCC2CC2)c1=O. The molecule has 0 amide bonds. The van der Waals surface area contributed by atoms with E-state index in [-0.39, 0.29) is 12.1 Å². The molecule has 2 aromatic rings. The molecule has 3 rings (SSSR count). The van der Waals surface area contributed by atoms with Crippen molar-refractivity contribution in [2.45, 2.75) is 26.1 Å². The molecule has 4 nitrogen and oxygen atoms in total. The second-order valence-corrected chi connectivity index (χ2v) is 5.11. The Hall–Kier alpha value is -1.65.